The zero-order valence-electron chi connectivity index (χ0n) is 17.0. The Morgan fingerprint density at radius 2 is 1.87 bits per heavy atom. The van der Waals surface area contributed by atoms with E-state index < -0.39 is 0 Å². The number of nitrogens with zero attached hydrogens (tertiary/aromatic N) is 2. The van der Waals surface area contributed by atoms with Gasteiger partial charge in [-0.05, 0) is 55.0 Å². The van der Waals surface area contributed by atoms with E-state index in [-0.39, 0.29) is 29.7 Å². The Balaban J connectivity index is 1.22. The molecular formula is C24H27FN2O3. The molecule has 3 fully saturated rings. The van der Waals surface area contributed by atoms with Gasteiger partial charge < -0.3 is 14.7 Å². The molecule has 5 rings (SSSR count). The zero-order chi connectivity index (χ0) is 20.7. The number of likely N-dealkylation sites (tertiary alicyclic amines) is 1. The molecule has 0 aromatic heterocycles. The number of rotatable bonds is 4. The molecule has 2 aromatic rings. The number of phenolic OH excluding ortho intramolecular Hbond substituents is 1. The van der Waals surface area contributed by atoms with Crippen molar-refractivity contribution >= 4 is 5.91 Å². The molecule has 2 aliphatic heterocycles. The lowest BCUT2D eigenvalue weighted by atomic mass is 9.89. The van der Waals surface area contributed by atoms with E-state index in [4.69, 9.17) is 4.74 Å². The highest BCUT2D eigenvalue weighted by atomic mass is 19.1. The number of amides is 1. The van der Waals surface area contributed by atoms with Crippen molar-refractivity contribution in [2.45, 2.75) is 43.9 Å². The van der Waals surface area contributed by atoms with Gasteiger partial charge in [-0.25, -0.2) is 4.39 Å². The summed E-state index contributed by atoms with van der Waals surface area (Å²) in [4.78, 5) is 16.4. The Bertz CT molecular complexity index is 951. The second kappa shape index (κ2) is 7.67. The summed E-state index contributed by atoms with van der Waals surface area (Å²) in [5.41, 5.74) is 1.99. The smallest absolute Gasteiger partial charge is 0.248 e. The maximum absolute atomic E-state index is 14.8. The van der Waals surface area contributed by atoms with Crippen LogP contribution >= 0.6 is 0 Å². The van der Waals surface area contributed by atoms with Crippen LogP contribution in [0.5, 0.6) is 5.75 Å². The van der Waals surface area contributed by atoms with Gasteiger partial charge in [-0.1, -0.05) is 24.3 Å². The number of aromatic hydroxyl groups is 1. The molecule has 0 radical (unpaired) electrons. The third kappa shape index (κ3) is 3.94. The first-order valence-electron chi connectivity index (χ1n) is 10.7. The molecule has 2 saturated heterocycles. The number of halogens is 1. The van der Waals surface area contributed by atoms with Crippen LogP contribution in [0.1, 0.15) is 31.2 Å². The van der Waals surface area contributed by atoms with Gasteiger partial charge in [0.25, 0.3) is 0 Å². The van der Waals surface area contributed by atoms with Crippen LogP contribution < -0.4 is 0 Å². The summed E-state index contributed by atoms with van der Waals surface area (Å²) in [5.74, 6) is 0.0705. The molecule has 0 bridgehead atoms. The Morgan fingerprint density at radius 3 is 2.57 bits per heavy atom. The van der Waals surface area contributed by atoms with Crippen LogP contribution in [0.25, 0.3) is 11.1 Å². The van der Waals surface area contributed by atoms with Gasteiger partial charge in [-0.3, -0.25) is 9.69 Å². The average molecular weight is 410 g/mol. The van der Waals surface area contributed by atoms with Gasteiger partial charge in [0.2, 0.25) is 5.91 Å². The number of carbonyl (C=O) groups excluding carboxylic acids is 1. The molecule has 1 N–H and O–H groups in total. The van der Waals surface area contributed by atoms with Crippen molar-refractivity contribution in [1.82, 2.24) is 9.80 Å². The predicted octanol–water partition coefficient (Wildman–Crippen LogP) is 3.55. The van der Waals surface area contributed by atoms with Gasteiger partial charge in [0.15, 0.2) is 0 Å². The van der Waals surface area contributed by atoms with Crippen molar-refractivity contribution in [1.29, 1.82) is 0 Å². The van der Waals surface area contributed by atoms with Crippen molar-refractivity contribution < 1.29 is 19.0 Å². The highest BCUT2D eigenvalue weighted by Gasteiger charge is 2.46. The van der Waals surface area contributed by atoms with Crippen molar-refractivity contribution in [2.75, 3.05) is 26.2 Å². The number of hydrogen-bond acceptors (Lipinski definition) is 4. The maximum atomic E-state index is 14.8. The van der Waals surface area contributed by atoms with Gasteiger partial charge >= 0.3 is 0 Å². The molecule has 2 heterocycles. The van der Waals surface area contributed by atoms with Gasteiger partial charge in [0, 0.05) is 31.2 Å². The highest BCUT2D eigenvalue weighted by molar-refractivity contribution is 5.79. The van der Waals surface area contributed by atoms with Crippen molar-refractivity contribution in [3.8, 4) is 16.9 Å². The number of phenols is 1. The lowest BCUT2D eigenvalue weighted by Gasteiger charge is -2.47. The highest BCUT2D eigenvalue weighted by Crippen LogP contribution is 2.36. The minimum absolute atomic E-state index is 0.124. The molecule has 1 saturated carbocycles. The topological polar surface area (TPSA) is 53.0 Å². The molecule has 1 spiro atoms. The van der Waals surface area contributed by atoms with Crippen LogP contribution in [0.4, 0.5) is 4.39 Å². The van der Waals surface area contributed by atoms with Gasteiger partial charge in [0.1, 0.15) is 18.2 Å². The third-order valence-corrected chi connectivity index (χ3v) is 6.66. The summed E-state index contributed by atoms with van der Waals surface area (Å²) >= 11 is 0. The van der Waals surface area contributed by atoms with Gasteiger partial charge in [-0.15, -0.1) is 0 Å². The monoisotopic (exact) mass is 410 g/mol. The van der Waals surface area contributed by atoms with Crippen molar-refractivity contribution in [2.24, 2.45) is 0 Å². The molecule has 5 nitrogen and oxygen atoms in total. The first kappa shape index (κ1) is 19.5. The largest absolute Gasteiger partial charge is 0.508 e. The van der Waals surface area contributed by atoms with Crippen molar-refractivity contribution in [3.63, 3.8) is 0 Å². The van der Waals surface area contributed by atoms with Crippen LogP contribution in [0.15, 0.2) is 42.5 Å². The van der Waals surface area contributed by atoms with Crippen LogP contribution in [0.3, 0.4) is 0 Å². The molecule has 6 heteroatoms. The van der Waals surface area contributed by atoms with Crippen molar-refractivity contribution in [3.05, 3.63) is 53.8 Å². The van der Waals surface area contributed by atoms with E-state index >= 15 is 0 Å². The Morgan fingerprint density at radius 1 is 1.10 bits per heavy atom. The number of ether oxygens (including phenoxy) is 1. The predicted molar refractivity (Wildman–Crippen MR) is 111 cm³/mol. The summed E-state index contributed by atoms with van der Waals surface area (Å²) < 4.78 is 20.8. The van der Waals surface area contributed by atoms with E-state index in [1.807, 2.05) is 23.1 Å². The van der Waals surface area contributed by atoms with Crippen LogP contribution in [-0.4, -0.2) is 58.7 Å². The van der Waals surface area contributed by atoms with E-state index in [0.717, 1.165) is 49.9 Å². The number of morpholine rings is 1. The van der Waals surface area contributed by atoms with Crippen LogP contribution in [0, 0.1) is 5.82 Å². The zero-order valence-corrected chi connectivity index (χ0v) is 17.0. The fourth-order valence-corrected chi connectivity index (χ4v) is 4.66. The molecule has 3 aliphatic rings. The Hall–Kier alpha value is -2.44. The third-order valence-electron chi connectivity index (χ3n) is 6.66. The standard InChI is InChI=1S/C24H27FN2O3/c25-22-13-18(17-2-1-3-21(28)12-17)4-5-19(22)14-26-10-8-24(9-11-26)16-27(20-6-7-20)23(29)15-30-24/h1-5,12-13,20,28H,6-11,14-16H2. The minimum Gasteiger partial charge on any atom is -0.508 e. The summed E-state index contributed by atoms with van der Waals surface area (Å²) in [5, 5.41) is 9.65. The second-order valence-electron chi connectivity index (χ2n) is 8.86. The SMILES string of the molecule is O=C1COC2(CCN(Cc3ccc(-c4cccc(O)c4)cc3F)CC2)CN1C1CC1. The fraction of sp³-hybridized carbons (Fsp3) is 0.458. The average Bonchev–Trinajstić information content (AvgIpc) is 3.58. The molecule has 1 amide bonds. The van der Waals surface area contributed by atoms with Crippen LogP contribution in [-0.2, 0) is 16.1 Å². The molecule has 2 aromatic carbocycles. The maximum Gasteiger partial charge on any atom is 0.248 e. The summed E-state index contributed by atoms with van der Waals surface area (Å²) in [6, 6.07) is 12.6. The van der Waals surface area contributed by atoms with E-state index in [1.54, 1.807) is 24.3 Å². The summed E-state index contributed by atoms with van der Waals surface area (Å²) in [6.45, 7) is 3.13. The van der Waals surface area contributed by atoms with E-state index in [0.29, 0.717) is 24.7 Å². The summed E-state index contributed by atoms with van der Waals surface area (Å²) in [6.07, 6.45) is 3.97. The van der Waals surface area contributed by atoms with Gasteiger partial charge in [0.05, 0.1) is 12.1 Å². The Kier molecular flexibility index (Phi) is 4.99. The van der Waals surface area contributed by atoms with Gasteiger partial charge in [-0.2, -0.15) is 0 Å². The van der Waals surface area contributed by atoms with E-state index in [9.17, 15) is 14.3 Å². The fourth-order valence-electron chi connectivity index (χ4n) is 4.66. The number of carbonyl (C=O) groups is 1. The molecule has 0 unspecified atom stereocenters. The molecule has 30 heavy (non-hydrogen) atoms. The number of benzene rings is 2. The molecular weight excluding hydrogens is 383 g/mol. The van der Waals surface area contributed by atoms with E-state index in [2.05, 4.69) is 4.90 Å². The van der Waals surface area contributed by atoms with Crippen LogP contribution in [0.2, 0.25) is 0 Å². The number of piperidine rings is 1. The lowest BCUT2D eigenvalue weighted by Crippen LogP contribution is -2.59. The first-order valence-corrected chi connectivity index (χ1v) is 10.7. The quantitative estimate of drug-likeness (QED) is 0.838. The molecule has 0 atom stereocenters. The number of hydrogen-bond donors (Lipinski definition) is 1. The Labute approximate surface area is 176 Å². The second-order valence-corrected chi connectivity index (χ2v) is 8.86. The summed E-state index contributed by atoms with van der Waals surface area (Å²) in [7, 11) is 0. The lowest BCUT2D eigenvalue weighted by molar-refractivity contribution is -0.172. The molecule has 158 valence electrons. The van der Waals surface area contributed by atoms with E-state index in [1.165, 1.54) is 0 Å². The normalized spacial score (nSPS) is 21.9. The first-order chi connectivity index (χ1) is 14.5. The minimum atomic E-state index is -0.231. The molecule has 1 aliphatic carbocycles.